The van der Waals surface area contributed by atoms with E-state index in [1.54, 1.807) is 6.92 Å². The molecule has 1 rings (SSSR count). The van der Waals surface area contributed by atoms with E-state index in [-0.39, 0.29) is 12.5 Å². The van der Waals surface area contributed by atoms with Gasteiger partial charge in [0.05, 0.1) is 6.54 Å². The molecule has 1 aromatic heterocycles. The second kappa shape index (κ2) is 4.08. The van der Waals surface area contributed by atoms with Gasteiger partial charge in [-0.15, -0.1) is 10.2 Å². The molecule has 0 aromatic carbocycles. The second-order valence-electron chi connectivity index (χ2n) is 1.89. The summed E-state index contributed by atoms with van der Waals surface area (Å²) in [6.07, 6.45) is 0. The van der Waals surface area contributed by atoms with Crippen LogP contribution in [0.1, 0.15) is 12.7 Å². The van der Waals surface area contributed by atoms with Gasteiger partial charge in [-0.2, -0.15) is 5.21 Å². The first-order chi connectivity index (χ1) is 5.83. The molecule has 0 aliphatic carbocycles. The largest absolute Gasteiger partial charge is 0.338 e. The number of aromatic amines is 1. The van der Waals surface area contributed by atoms with Gasteiger partial charge in [0.2, 0.25) is 0 Å². The molecule has 0 saturated carbocycles. The molecule has 0 radical (unpaired) electrons. The molecule has 1 amide bonds. The van der Waals surface area contributed by atoms with Crippen molar-refractivity contribution < 1.29 is 4.79 Å². The lowest BCUT2D eigenvalue weighted by molar-refractivity contribution is -0.115. The Hall–Kier alpha value is -1.90. The zero-order chi connectivity index (χ0) is 8.81. The van der Waals surface area contributed by atoms with Gasteiger partial charge >= 0.3 is 0 Å². The number of aromatic nitrogens is 4. The highest BCUT2D eigenvalue weighted by Gasteiger charge is 1.98. The molecular formula is C6H7N5O. The molecule has 1 heterocycles. The Balaban J connectivity index is 2.35. The van der Waals surface area contributed by atoms with Crippen LogP contribution in [0.5, 0.6) is 0 Å². The molecule has 0 atom stereocenters. The fourth-order valence-corrected chi connectivity index (χ4v) is 0.574. The Kier molecular flexibility index (Phi) is 2.79. The van der Waals surface area contributed by atoms with Gasteiger partial charge < -0.3 is 5.32 Å². The van der Waals surface area contributed by atoms with Crippen LogP contribution in [0, 0.1) is 11.8 Å². The van der Waals surface area contributed by atoms with E-state index >= 15 is 0 Å². The standard InChI is InChI=1S/C6H7N5O/c1-2-3-6(12)7-4-5-8-10-11-9-5/h4H2,1H3,(H,7,12)(H,8,9,10,11). The highest BCUT2D eigenvalue weighted by atomic mass is 16.1. The summed E-state index contributed by atoms with van der Waals surface area (Å²) < 4.78 is 0. The van der Waals surface area contributed by atoms with Gasteiger partial charge in [-0.3, -0.25) is 4.79 Å². The number of tetrazole rings is 1. The van der Waals surface area contributed by atoms with Crippen molar-refractivity contribution in [2.75, 3.05) is 0 Å². The van der Waals surface area contributed by atoms with Crippen LogP contribution >= 0.6 is 0 Å². The van der Waals surface area contributed by atoms with Crippen molar-refractivity contribution in [2.45, 2.75) is 13.5 Å². The molecule has 0 spiro atoms. The summed E-state index contributed by atoms with van der Waals surface area (Å²) in [5.41, 5.74) is 0. The number of nitrogens with zero attached hydrogens (tertiary/aromatic N) is 3. The fraction of sp³-hybridized carbons (Fsp3) is 0.333. The van der Waals surface area contributed by atoms with E-state index in [9.17, 15) is 4.79 Å². The van der Waals surface area contributed by atoms with E-state index in [2.05, 4.69) is 37.8 Å². The van der Waals surface area contributed by atoms with E-state index in [1.807, 2.05) is 0 Å². The van der Waals surface area contributed by atoms with Crippen molar-refractivity contribution in [3.8, 4) is 11.8 Å². The van der Waals surface area contributed by atoms with Crippen LogP contribution in [0.15, 0.2) is 0 Å². The molecular weight excluding hydrogens is 158 g/mol. The molecule has 2 N–H and O–H groups in total. The fourth-order valence-electron chi connectivity index (χ4n) is 0.574. The maximum atomic E-state index is 10.8. The first-order valence-corrected chi connectivity index (χ1v) is 3.26. The number of carbonyl (C=O) groups is 1. The average molecular weight is 165 g/mol. The van der Waals surface area contributed by atoms with Crippen LogP contribution in [0.3, 0.4) is 0 Å². The van der Waals surface area contributed by atoms with Crippen LogP contribution < -0.4 is 5.32 Å². The Bertz CT molecular complexity index is 306. The highest BCUT2D eigenvalue weighted by Crippen LogP contribution is 1.79. The van der Waals surface area contributed by atoms with E-state index < -0.39 is 0 Å². The molecule has 0 saturated heterocycles. The summed E-state index contributed by atoms with van der Waals surface area (Å²) in [4.78, 5) is 10.8. The minimum atomic E-state index is -0.345. The molecule has 0 aliphatic rings. The molecule has 62 valence electrons. The molecule has 6 nitrogen and oxygen atoms in total. The van der Waals surface area contributed by atoms with Crippen LogP contribution in [-0.4, -0.2) is 26.5 Å². The molecule has 0 unspecified atom stereocenters. The van der Waals surface area contributed by atoms with Crippen LogP contribution in [0.2, 0.25) is 0 Å². The van der Waals surface area contributed by atoms with Gasteiger partial charge in [-0.25, -0.2) is 0 Å². The minimum absolute atomic E-state index is 0.240. The van der Waals surface area contributed by atoms with Gasteiger partial charge in [0.1, 0.15) is 0 Å². The third kappa shape index (κ3) is 2.38. The van der Waals surface area contributed by atoms with Crippen molar-refractivity contribution in [3.63, 3.8) is 0 Å². The molecule has 1 aromatic rings. The lowest BCUT2D eigenvalue weighted by atomic mass is 10.5. The van der Waals surface area contributed by atoms with Crippen LogP contribution in [0.25, 0.3) is 0 Å². The zero-order valence-electron chi connectivity index (χ0n) is 6.46. The number of rotatable bonds is 2. The monoisotopic (exact) mass is 165 g/mol. The molecule has 12 heavy (non-hydrogen) atoms. The number of H-pyrrole nitrogens is 1. The number of hydrogen-bond donors (Lipinski definition) is 2. The maximum absolute atomic E-state index is 10.8. The zero-order valence-corrected chi connectivity index (χ0v) is 6.46. The molecule has 0 bridgehead atoms. The van der Waals surface area contributed by atoms with Crippen molar-refractivity contribution in [2.24, 2.45) is 0 Å². The maximum Gasteiger partial charge on any atom is 0.296 e. The summed E-state index contributed by atoms with van der Waals surface area (Å²) in [5.74, 6) is 4.88. The third-order valence-electron chi connectivity index (χ3n) is 1.03. The quantitative estimate of drug-likeness (QED) is 0.541. The van der Waals surface area contributed by atoms with Crippen molar-refractivity contribution in [1.82, 2.24) is 25.9 Å². The van der Waals surface area contributed by atoms with Crippen molar-refractivity contribution in [1.29, 1.82) is 0 Å². The van der Waals surface area contributed by atoms with Gasteiger partial charge in [-0.1, -0.05) is 11.1 Å². The van der Waals surface area contributed by atoms with E-state index in [1.165, 1.54) is 0 Å². The summed E-state index contributed by atoms with van der Waals surface area (Å²) in [6.45, 7) is 1.83. The smallest absolute Gasteiger partial charge is 0.296 e. The van der Waals surface area contributed by atoms with Gasteiger partial charge in [0, 0.05) is 0 Å². The average Bonchev–Trinajstić information content (AvgIpc) is 2.53. The Labute approximate surface area is 68.7 Å². The SMILES string of the molecule is CC#CC(=O)NCc1nn[nH]n1. The number of hydrogen-bond acceptors (Lipinski definition) is 4. The summed E-state index contributed by atoms with van der Waals surface area (Å²) >= 11 is 0. The first kappa shape index (κ1) is 8.20. The van der Waals surface area contributed by atoms with Crippen molar-refractivity contribution in [3.05, 3.63) is 5.82 Å². The highest BCUT2D eigenvalue weighted by molar-refractivity contribution is 5.93. The Morgan fingerprint density at radius 1 is 1.75 bits per heavy atom. The summed E-state index contributed by atoms with van der Waals surface area (Å²) in [5, 5.41) is 15.4. The van der Waals surface area contributed by atoms with Crippen LogP contribution in [0.4, 0.5) is 0 Å². The third-order valence-corrected chi connectivity index (χ3v) is 1.03. The Morgan fingerprint density at radius 3 is 3.17 bits per heavy atom. The molecule has 6 heteroatoms. The first-order valence-electron chi connectivity index (χ1n) is 3.26. The summed E-state index contributed by atoms with van der Waals surface area (Å²) in [7, 11) is 0. The van der Waals surface area contributed by atoms with Gasteiger partial charge in [-0.05, 0) is 12.8 Å². The Morgan fingerprint density at radius 2 is 2.58 bits per heavy atom. The van der Waals surface area contributed by atoms with Gasteiger partial charge in [0.25, 0.3) is 5.91 Å². The van der Waals surface area contributed by atoms with E-state index in [0.717, 1.165) is 0 Å². The van der Waals surface area contributed by atoms with E-state index in [0.29, 0.717) is 5.82 Å². The minimum Gasteiger partial charge on any atom is -0.338 e. The topological polar surface area (TPSA) is 83.6 Å². The lowest BCUT2D eigenvalue weighted by Crippen LogP contribution is -2.21. The number of amides is 1. The summed E-state index contributed by atoms with van der Waals surface area (Å²) in [6, 6.07) is 0. The normalized spacial score (nSPS) is 8.42. The number of carbonyl (C=O) groups excluding carboxylic acids is 1. The van der Waals surface area contributed by atoms with Crippen molar-refractivity contribution >= 4 is 5.91 Å². The predicted octanol–water partition coefficient (Wildman–Crippen LogP) is -1.16. The number of nitrogens with one attached hydrogen (secondary N) is 2. The lowest BCUT2D eigenvalue weighted by Gasteiger charge is -1.92. The molecule has 0 fully saturated rings. The van der Waals surface area contributed by atoms with E-state index in [4.69, 9.17) is 0 Å². The predicted molar refractivity (Wildman–Crippen MR) is 39.5 cm³/mol. The van der Waals surface area contributed by atoms with Crippen LogP contribution in [-0.2, 0) is 11.3 Å². The molecule has 0 aliphatic heterocycles. The van der Waals surface area contributed by atoms with Gasteiger partial charge in [0.15, 0.2) is 5.82 Å². The second-order valence-corrected chi connectivity index (χ2v) is 1.89.